The molecule has 1 unspecified atom stereocenters. The van der Waals surface area contributed by atoms with Crippen molar-refractivity contribution >= 4 is 21.6 Å². The quantitative estimate of drug-likeness (QED) is 0.685. The van der Waals surface area contributed by atoms with Crippen molar-refractivity contribution in [3.05, 3.63) is 26.6 Å². The van der Waals surface area contributed by atoms with Gasteiger partial charge in [-0.25, -0.2) is 4.98 Å². The molecule has 6 nitrogen and oxygen atoms in total. The maximum Gasteiger partial charge on any atom is 0.259 e. The lowest BCUT2D eigenvalue weighted by Gasteiger charge is -2.28. The lowest BCUT2D eigenvalue weighted by Crippen LogP contribution is -2.39. The Morgan fingerprint density at radius 1 is 1.26 bits per heavy atom. The largest absolute Gasteiger partial charge is 0.389 e. The third-order valence-electron chi connectivity index (χ3n) is 4.91. The van der Waals surface area contributed by atoms with E-state index in [4.69, 9.17) is 9.72 Å². The highest BCUT2D eigenvalue weighted by atomic mass is 32.1. The van der Waals surface area contributed by atoms with Crippen LogP contribution in [0, 0.1) is 5.92 Å². The molecule has 0 amide bonds. The number of ether oxygens (including phenoxy) is 1. The number of H-pyrrole nitrogens is 1. The highest BCUT2D eigenvalue weighted by Crippen LogP contribution is 2.34. The van der Waals surface area contributed by atoms with E-state index in [1.165, 1.54) is 10.4 Å². The first-order chi connectivity index (χ1) is 12.8. The minimum atomic E-state index is -0.563. The van der Waals surface area contributed by atoms with E-state index in [0.717, 1.165) is 29.5 Å². The predicted molar refractivity (Wildman–Crippen MR) is 109 cm³/mol. The highest BCUT2D eigenvalue weighted by Gasteiger charge is 2.22. The van der Waals surface area contributed by atoms with E-state index in [1.54, 1.807) is 11.3 Å². The van der Waals surface area contributed by atoms with Gasteiger partial charge < -0.3 is 14.8 Å². The smallest absolute Gasteiger partial charge is 0.259 e. The first kappa shape index (κ1) is 20.5. The maximum absolute atomic E-state index is 12.6. The lowest BCUT2D eigenvalue weighted by atomic mass is 10.2. The molecule has 2 aromatic heterocycles. The average molecular weight is 394 g/mol. The van der Waals surface area contributed by atoms with Gasteiger partial charge >= 0.3 is 0 Å². The summed E-state index contributed by atoms with van der Waals surface area (Å²) >= 11 is 1.66. The van der Waals surface area contributed by atoms with Crippen molar-refractivity contribution in [2.75, 3.05) is 19.8 Å². The van der Waals surface area contributed by atoms with Crippen LogP contribution in [0.1, 0.15) is 50.4 Å². The molecule has 0 aliphatic heterocycles. The summed E-state index contributed by atoms with van der Waals surface area (Å²) in [7, 11) is 0. The van der Waals surface area contributed by atoms with Gasteiger partial charge in [-0.05, 0) is 44.6 Å². The van der Waals surface area contributed by atoms with Crippen molar-refractivity contribution in [1.29, 1.82) is 0 Å². The number of fused-ring (bicyclic) bond motifs is 3. The van der Waals surface area contributed by atoms with Gasteiger partial charge in [-0.15, -0.1) is 11.3 Å². The fourth-order valence-electron chi connectivity index (χ4n) is 3.54. The van der Waals surface area contributed by atoms with Crippen molar-refractivity contribution in [2.45, 2.75) is 65.6 Å². The molecule has 2 aromatic rings. The lowest BCUT2D eigenvalue weighted by molar-refractivity contribution is 0.00129. The fraction of sp³-hybridized carbons (Fsp3) is 0.700. The first-order valence-corrected chi connectivity index (χ1v) is 10.7. The number of nitrogens with one attached hydrogen (secondary N) is 1. The van der Waals surface area contributed by atoms with Gasteiger partial charge in [0.1, 0.15) is 10.7 Å². The van der Waals surface area contributed by atoms with Crippen molar-refractivity contribution in [1.82, 2.24) is 14.9 Å². The minimum Gasteiger partial charge on any atom is -0.389 e. The van der Waals surface area contributed by atoms with Gasteiger partial charge in [0.2, 0.25) is 0 Å². The van der Waals surface area contributed by atoms with Gasteiger partial charge in [0, 0.05) is 24.1 Å². The molecule has 0 aromatic carbocycles. The third kappa shape index (κ3) is 4.96. The second kappa shape index (κ2) is 8.82. The van der Waals surface area contributed by atoms with E-state index in [9.17, 15) is 9.90 Å². The number of hydrogen-bond donors (Lipinski definition) is 2. The molecule has 0 spiro atoms. The zero-order valence-electron chi connectivity index (χ0n) is 16.7. The second-order valence-corrected chi connectivity index (χ2v) is 9.24. The van der Waals surface area contributed by atoms with E-state index in [1.807, 2.05) is 0 Å². The van der Waals surface area contributed by atoms with E-state index in [2.05, 4.69) is 37.6 Å². The van der Waals surface area contributed by atoms with Crippen molar-refractivity contribution in [2.24, 2.45) is 5.92 Å². The molecule has 0 radical (unpaired) electrons. The molecular formula is C20H31N3O3S. The van der Waals surface area contributed by atoms with Crippen LogP contribution in [-0.2, 0) is 24.1 Å². The second-order valence-electron chi connectivity index (χ2n) is 8.16. The van der Waals surface area contributed by atoms with Gasteiger partial charge in [0.15, 0.2) is 0 Å². The van der Waals surface area contributed by atoms with Crippen LogP contribution < -0.4 is 5.56 Å². The molecule has 150 valence electrons. The fourth-order valence-corrected chi connectivity index (χ4v) is 4.82. The number of nitrogens with zero attached hydrogens (tertiary/aromatic N) is 2. The molecule has 1 aliphatic rings. The number of rotatable bonds is 9. The highest BCUT2D eigenvalue weighted by molar-refractivity contribution is 7.18. The van der Waals surface area contributed by atoms with Crippen molar-refractivity contribution in [3.8, 4) is 0 Å². The van der Waals surface area contributed by atoms with Crippen LogP contribution in [-0.4, -0.2) is 51.9 Å². The Morgan fingerprint density at radius 3 is 2.74 bits per heavy atom. The Hall–Kier alpha value is -1.28. The molecule has 0 bridgehead atoms. The Labute approximate surface area is 164 Å². The van der Waals surface area contributed by atoms with Crippen molar-refractivity contribution in [3.63, 3.8) is 0 Å². The number of hydrogen-bond acceptors (Lipinski definition) is 6. The van der Waals surface area contributed by atoms with Gasteiger partial charge in [-0.1, -0.05) is 13.8 Å². The van der Waals surface area contributed by atoms with Crippen LogP contribution in [0.4, 0.5) is 0 Å². The summed E-state index contributed by atoms with van der Waals surface area (Å²) in [5.41, 5.74) is 1.17. The molecule has 0 fully saturated rings. The summed E-state index contributed by atoms with van der Waals surface area (Å²) in [5, 5.41) is 11.1. The summed E-state index contributed by atoms with van der Waals surface area (Å²) in [5.74, 6) is 1.11. The maximum atomic E-state index is 12.6. The monoisotopic (exact) mass is 393 g/mol. The molecular weight excluding hydrogens is 362 g/mol. The van der Waals surface area contributed by atoms with Crippen LogP contribution in [0.5, 0.6) is 0 Å². The van der Waals surface area contributed by atoms with E-state index in [0.29, 0.717) is 38.0 Å². The van der Waals surface area contributed by atoms with E-state index >= 15 is 0 Å². The Bertz CT molecular complexity index is 828. The van der Waals surface area contributed by atoms with Gasteiger partial charge in [0.05, 0.1) is 24.6 Å². The van der Waals surface area contributed by atoms with Gasteiger partial charge in [0.25, 0.3) is 5.56 Å². The summed E-state index contributed by atoms with van der Waals surface area (Å²) in [6.07, 6.45) is 2.62. The first-order valence-electron chi connectivity index (χ1n) is 9.88. The van der Waals surface area contributed by atoms with Crippen LogP contribution in [0.3, 0.4) is 0 Å². The summed E-state index contributed by atoms with van der Waals surface area (Å²) in [6, 6.07) is 0.221. The number of aromatic amines is 1. The van der Waals surface area contributed by atoms with E-state index in [-0.39, 0.29) is 11.6 Å². The van der Waals surface area contributed by atoms with Crippen LogP contribution in [0.2, 0.25) is 0 Å². The number of aliphatic hydroxyl groups is 1. The summed E-state index contributed by atoms with van der Waals surface area (Å²) in [4.78, 5) is 24.6. The number of aryl methyl sites for hydroxylation is 2. The normalized spacial score (nSPS) is 15.4. The third-order valence-corrected chi connectivity index (χ3v) is 6.10. The predicted octanol–water partition coefficient (Wildman–Crippen LogP) is 2.72. The van der Waals surface area contributed by atoms with Crippen LogP contribution in [0.25, 0.3) is 10.2 Å². The number of aromatic nitrogens is 2. The van der Waals surface area contributed by atoms with Gasteiger partial charge in [-0.3, -0.25) is 9.69 Å². The topological polar surface area (TPSA) is 78.5 Å². The van der Waals surface area contributed by atoms with E-state index < -0.39 is 6.10 Å². The standard InChI is InChI=1S/C20H31N3O3S/c1-12(2)10-26-11-14(24)8-23(13(3)4)9-17-21-19(25)18-15-6-5-7-16(15)27-20(18)22-17/h12-14,24H,5-11H2,1-4H3,(H,21,22,25). The zero-order chi connectivity index (χ0) is 19.6. The molecule has 7 heteroatoms. The van der Waals surface area contributed by atoms with Crippen molar-refractivity contribution < 1.29 is 9.84 Å². The molecule has 3 rings (SSSR count). The molecule has 27 heavy (non-hydrogen) atoms. The van der Waals surface area contributed by atoms with Crippen LogP contribution in [0.15, 0.2) is 4.79 Å². The molecule has 1 atom stereocenters. The average Bonchev–Trinajstić information content (AvgIpc) is 3.14. The van der Waals surface area contributed by atoms with Crippen LogP contribution >= 0.6 is 11.3 Å². The molecule has 1 aliphatic carbocycles. The number of aliphatic hydroxyl groups excluding tert-OH is 1. The summed E-state index contributed by atoms with van der Waals surface area (Å²) < 4.78 is 5.55. The SMILES string of the molecule is CC(C)COCC(O)CN(Cc1nc2sc3c(c2c(=O)[nH]1)CCC3)C(C)C. The molecule has 2 heterocycles. The minimum absolute atomic E-state index is 0.0288. The molecule has 2 N–H and O–H groups in total. The molecule has 0 saturated heterocycles. The summed E-state index contributed by atoms with van der Waals surface area (Å²) in [6.45, 7) is 10.3. The Kier molecular flexibility index (Phi) is 6.68. The Balaban J connectivity index is 1.70. The molecule has 0 saturated carbocycles. The zero-order valence-corrected chi connectivity index (χ0v) is 17.6. The number of thiophene rings is 1. The van der Waals surface area contributed by atoms with Gasteiger partial charge in [-0.2, -0.15) is 0 Å². The Morgan fingerprint density at radius 2 is 2.04 bits per heavy atom.